The third kappa shape index (κ3) is 4.60. The van der Waals surface area contributed by atoms with Gasteiger partial charge >= 0.3 is 12.1 Å². The minimum absolute atomic E-state index is 0.127. The maximum atomic E-state index is 12.3. The van der Waals surface area contributed by atoms with Gasteiger partial charge in [0.25, 0.3) is 0 Å². The minimum atomic E-state index is -0.824. The third-order valence-corrected chi connectivity index (χ3v) is 4.34. The molecular weight excluding hydrogens is 284 g/mol. The van der Waals surface area contributed by atoms with Crippen LogP contribution in [-0.2, 0) is 9.53 Å². The van der Waals surface area contributed by atoms with Gasteiger partial charge in [-0.2, -0.15) is 0 Å². The molecule has 2 saturated heterocycles. The molecule has 0 aliphatic carbocycles. The second-order valence-electron chi connectivity index (χ2n) is 7.41. The summed E-state index contributed by atoms with van der Waals surface area (Å²) in [6.07, 6.45) is 3.76. The van der Waals surface area contributed by atoms with Gasteiger partial charge in [-0.05, 0) is 53.1 Å². The standard InChI is InChI=1S/C16H28N2O4/c1-16(2,3)22-15(21)18-10-12(14(19)20)9-13(11-18)17-7-5-4-6-8-17/h12-13H,4-11H2,1-3H3,(H,19,20)/t12-,13-/m1/s1. The molecule has 126 valence electrons. The fourth-order valence-corrected chi connectivity index (χ4v) is 3.27. The Hall–Kier alpha value is -1.30. The van der Waals surface area contributed by atoms with Crippen molar-refractivity contribution in [2.45, 2.75) is 58.1 Å². The first-order chi connectivity index (χ1) is 10.3. The van der Waals surface area contributed by atoms with Crippen molar-refractivity contribution in [2.24, 2.45) is 5.92 Å². The lowest BCUT2D eigenvalue weighted by Crippen LogP contribution is -2.55. The minimum Gasteiger partial charge on any atom is -0.481 e. The number of amides is 1. The average Bonchev–Trinajstić information content (AvgIpc) is 2.46. The Morgan fingerprint density at radius 2 is 1.73 bits per heavy atom. The molecule has 2 rings (SSSR count). The molecule has 2 heterocycles. The number of carbonyl (C=O) groups is 2. The van der Waals surface area contributed by atoms with E-state index in [1.165, 1.54) is 6.42 Å². The van der Waals surface area contributed by atoms with Gasteiger partial charge in [0.05, 0.1) is 5.92 Å². The predicted octanol–water partition coefficient (Wildman–Crippen LogP) is 2.18. The summed E-state index contributed by atoms with van der Waals surface area (Å²) in [6, 6.07) is 0.127. The van der Waals surface area contributed by atoms with Gasteiger partial charge in [-0.1, -0.05) is 6.42 Å². The lowest BCUT2D eigenvalue weighted by Gasteiger charge is -2.43. The molecule has 6 heteroatoms. The molecule has 2 fully saturated rings. The third-order valence-electron chi connectivity index (χ3n) is 4.34. The number of piperidine rings is 2. The first-order valence-electron chi connectivity index (χ1n) is 8.21. The maximum Gasteiger partial charge on any atom is 0.410 e. The van der Waals surface area contributed by atoms with Crippen molar-refractivity contribution in [1.82, 2.24) is 9.80 Å². The largest absolute Gasteiger partial charge is 0.481 e. The second-order valence-corrected chi connectivity index (χ2v) is 7.41. The molecule has 0 spiro atoms. The van der Waals surface area contributed by atoms with Crippen LogP contribution in [0.4, 0.5) is 4.79 Å². The number of hydrogen-bond acceptors (Lipinski definition) is 4. The number of nitrogens with zero attached hydrogens (tertiary/aromatic N) is 2. The summed E-state index contributed by atoms with van der Waals surface area (Å²) < 4.78 is 5.42. The van der Waals surface area contributed by atoms with Gasteiger partial charge in [0.1, 0.15) is 5.60 Å². The number of carboxylic acids is 1. The highest BCUT2D eigenvalue weighted by Crippen LogP contribution is 2.25. The van der Waals surface area contributed by atoms with E-state index >= 15 is 0 Å². The first kappa shape index (κ1) is 17.1. The summed E-state index contributed by atoms with van der Waals surface area (Å²) in [5, 5.41) is 9.39. The van der Waals surface area contributed by atoms with Crippen LogP contribution in [0.5, 0.6) is 0 Å². The molecule has 6 nitrogen and oxygen atoms in total. The van der Waals surface area contributed by atoms with Gasteiger partial charge in [-0.3, -0.25) is 9.69 Å². The van der Waals surface area contributed by atoms with E-state index in [0.717, 1.165) is 25.9 Å². The zero-order valence-electron chi connectivity index (χ0n) is 13.9. The molecular formula is C16H28N2O4. The Morgan fingerprint density at radius 3 is 2.27 bits per heavy atom. The molecule has 2 atom stereocenters. The Balaban J connectivity index is 2.05. The lowest BCUT2D eigenvalue weighted by molar-refractivity contribution is -0.144. The quantitative estimate of drug-likeness (QED) is 0.846. The summed E-state index contributed by atoms with van der Waals surface area (Å²) in [7, 11) is 0. The van der Waals surface area contributed by atoms with Crippen LogP contribution < -0.4 is 0 Å². The Morgan fingerprint density at radius 1 is 1.09 bits per heavy atom. The van der Waals surface area contributed by atoms with E-state index in [9.17, 15) is 14.7 Å². The number of aliphatic carboxylic acids is 1. The van der Waals surface area contributed by atoms with Crippen LogP contribution in [0.3, 0.4) is 0 Å². The van der Waals surface area contributed by atoms with Crippen LogP contribution in [0.2, 0.25) is 0 Å². The van der Waals surface area contributed by atoms with Gasteiger partial charge in [0, 0.05) is 19.1 Å². The zero-order chi connectivity index (χ0) is 16.3. The number of hydrogen-bond donors (Lipinski definition) is 1. The van der Waals surface area contributed by atoms with E-state index in [4.69, 9.17) is 4.74 Å². The van der Waals surface area contributed by atoms with Crippen LogP contribution >= 0.6 is 0 Å². The van der Waals surface area contributed by atoms with Gasteiger partial charge in [0.2, 0.25) is 0 Å². The summed E-state index contributed by atoms with van der Waals surface area (Å²) in [5.74, 6) is -1.33. The summed E-state index contributed by atoms with van der Waals surface area (Å²) >= 11 is 0. The summed E-state index contributed by atoms with van der Waals surface area (Å²) in [4.78, 5) is 27.7. The average molecular weight is 312 g/mol. The molecule has 0 saturated carbocycles. The van der Waals surface area contributed by atoms with Gasteiger partial charge in [-0.25, -0.2) is 4.79 Å². The van der Waals surface area contributed by atoms with Crippen molar-refractivity contribution in [1.29, 1.82) is 0 Å². The normalized spacial score (nSPS) is 27.5. The fourth-order valence-electron chi connectivity index (χ4n) is 3.27. The SMILES string of the molecule is CC(C)(C)OC(=O)N1C[C@H](C(=O)O)C[C@@H](N2CCCCC2)C1. The fraction of sp³-hybridized carbons (Fsp3) is 0.875. The van der Waals surface area contributed by atoms with E-state index in [0.29, 0.717) is 13.0 Å². The number of likely N-dealkylation sites (tertiary alicyclic amines) is 2. The molecule has 0 aromatic heterocycles. The van der Waals surface area contributed by atoms with Crippen molar-refractivity contribution in [2.75, 3.05) is 26.2 Å². The van der Waals surface area contributed by atoms with Crippen molar-refractivity contribution in [3.8, 4) is 0 Å². The number of carbonyl (C=O) groups excluding carboxylic acids is 1. The van der Waals surface area contributed by atoms with Crippen molar-refractivity contribution in [3.63, 3.8) is 0 Å². The number of rotatable bonds is 2. The first-order valence-corrected chi connectivity index (χ1v) is 8.21. The van der Waals surface area contributed by atoms with E-state index < -0.39 is 23.6 Å². The van der Waals surface area contributed by atoms with Gasteiger partial charge < -0.3 is 14.7 Å². The van der Waals surface area contributed by atoms with Crippen LogP contribution in [-0.4, -0.2) is 64.8 Å². The summed E-state index contributed by atoms with van der Waals surface area (Å²) in [6.45, 7) is 8.29. The molecule has 2 aliphatic heterocycles. The van der Waals surface area contributed by atoms with Crippen LogP contribution in [0.1, 0.15) is 46.5 Å². The van der Waals surface area contributed by atoms with Crippen molar-refractivity contribution < 1.29 is 19.4 Å². The molecule has 0 radical (unpaired) electrons. The van der Waals surface area contributed by atoms with Crippen LogP contribution in [0.15, 0.2) is 0 Å². The van der Waals surface area contributed by atoms with Gasteiger partial charge in [0.15, 0.2) is 0 Å². The van der Waals surface area contributed by atoms with Crippen molar-refractivity contribution in [3.05, 3.63) is 0 Å². The topological polar surface area (TPSA) is 70.1 Å². The molecule has 1 amide bonds. The molecule has 0 unspecified atom stereocenters. The second kappa shape index (κ2) is 6.86. The molecule has 0 aromatic rings. The molecule has 0 bridgehead atoms. The highest BCUT2D eigenvalue weighted by atomic mass is 16.6. The zero-order valence-corrected chi connectivity index (χ0v) is 13.9. The molecule has 2 aliphatic rings. The highest BCUT2D eigenvalue weighted by molar-refractivity contribution is 5.73. The number of carboxylic acid groups (broad SMARTS) is 1. The predicted molar refractivity (Wildman–Crippen MR) is 82.8 cm³/mol. The Bertz CT molecular complexity index is 413. The van der Waals surface area contributed by atoms with Crippen LogP contribution in [0.25, 0.3) is 0 Å². The molecule has 0 aromatic carbocycles. The van der Waals surface area contributed by atoms with E-state index in [2.05, 4.69) is 4.90 Å². The molecule has 22 heavy (non-hydrogen) atoms. The smallest absolute Gasteiger partial charge is 0.410 e. The maximum absolute atomic E-state index is 12.3. The highest BCUT2D eigenvalue weighted by Gasteiger charge is 2.38. The molecule has 1 N–H and O–H groups in total. The van der Waals surface area contributed by atoms with Gasteiger partial charge in [-0.15, -0.1) is 0 Å². The van der Waals surface area contributed by atoms with E-state index in [-0.39, 0.29) is 12.6 Å². The summed E-state index contributed by atoms with van der Waals surface area (Å²) in [5.41, 5.74) is -0.562. The van der Waals surface area contributed by atoms with Crippen LogP contribution in [0, 0.1) is 5.92 Å². The Kier molecular flexibility index (Phi) is 5.32. The number of ether oxygens (including phenoxy) is 1. The Labute approximate surface area is 132 Å². The van der Waals surface area contributed by atoms with E-state index in [1.807, 2.05) is 20.8 Å². The monoisotopic (exact) mass is 312 g/mol. The lowest BCUT2D eigenvalue weighted by atomic mass is 9.92. The van der Waals surface area contributed by atoms with E-state index in [1.54, 1.807) is 4.90 Å². The van der Waals surface area contributed by atoms with Crippen molar-refractivity contribution >= 4 is 12.1 Å².